The molecule has 0 saturated heterocycles. The molecule has 1 nitrogen and oxygen atoms in total. The SMILES string of the molecule is CC.CC(C)c1ccc2c(c1)C(C(F)(F)F)N(C)CC2. The normalized spacial score (nSPS) is 19.4. The zero-order chi connectivity index (χ0) is 15.5. The van der Waals surface area contributed by atoms with E-state index < -0.39 is 12.2 Å². The summed E-state index contributed by atoms with van der Waals surface area (Å²) in [5, 5.41) is 0. The number of likely N-dealkylation sites (N-methyl/N-ethyl adjacent to an activating group) is 1. The standard InChI is InChI=1S/C14H18F3N.C2H6/c1-9(2)11-5-4-10-6-7-18(3)13(12(10)8-11)14(15,16)17;1-2/h4-5,8-9,13H,6-7H2,1-3H3;1-2H3. The second-order valence-corrected chi connectivity index (χ2v) is 5.29. The van der Waals surface area contributed by atoms with E-state index in [1.807, 2.05) is 39.8 Å². The van der Waals surface area contributed by atoms with E-state index in [9.17, 15) is 13.2 Å². The molecule has 0 bridgehead atoms. The van der Waals surface area contributed by atoms with Crippen molar-refractivity contribution in [1.29, 1.82) is 0 Å². The maximum Gasteiger partial charge on any atom is 0.408 e. The Kier molecular flexibility index (Phi) is 5.63. The highest BCUT2D eigenvalue weighted by Crippen LogP contribution is 2.41. The van der Waals surface area contributed by atoms with E-state index in [1.54, 1.807) is 13.1 Å². The molecule has 1 aromatic rings. The molecule has 0 spiro atoms. The van der Waals surface area contributed by atoms with Crippen LogP contribution in [0.5, 0.6) is 0 Å². The minimum atomic E-state index is -4.21. The molecule has 1 aliphatic heterocycles. The van der Waals surface area contributed by atoms with Gasteiger partial charge in [0.15, 0.2) is 0 Å². The zero-order valence-electron chi connectivity index (χ0n) is 12.9. The molecule has 0 aliphatic carbocycles. The number of hydrogen-bond donors (Lipinski definition) is 0. The lowest BCUT2D eigenvalue weighted by atomic mass is 9.88. The van der Waals surface area contributed by atoms with Gasteiger partial charge in [-0.05, 0) is 36.1 Å². The summed E-state index contributed by atoms with van der Waals surface area (Å²) < 4.78 is 39.5. The first-order valence-corrected chi connectivity index (χ1v) is 7.20. The molecule has 0 N–H and O–H groups in total. The molecule has 2 rings (SSSR count). The molecule has 1 aliphatic rings. The van der Waals surface area contributed by atoms with Crippen LogP contribution in [0.2, 0.25) is 0 Å². The lowest BCUT2D eigenvalue weighted by Crippen LogP contribution is -2.40. The molecule has 0 radical (unpaired) electrons. The van der Waals surface area contributed by atoms with Crippen LogP contribution in [0.3, 0.4) is 0 Å². The van der Waals surface area contributed by atoms with Crippen LogP contribution >= 0.6 is 0 Å². The van der Waals surface area contributed by atoms with Gasteiger partial charge in [-0.3, -0.25) is 4.90 Å². The van der Waals surface area contributed by atoms with Gasteiger partial charge in [0.25, 0.3) is 0 Å². The van der Waals surface area contributed by atoms with Gasteiger partial charge in [-0.15, -0.1) is 0 Å². The van der Waals surface area contributed by atoms with Crippen molar-refractivity contribution < 1.29 is 13.2 Å². The lowest BCUT2D eigenvalue weighted by molar-refractivity contribution is -0.185. The van der Waals surface area contributed by atoms with Crippen molar-refractivity contribution >= 4 is 0 Å². The quantitative estimate of drug-likeness (QED) is 0.708. The first-order chi connectivity index (χ1) is 9.30. The molecule has 1 unspecified atom stereocenters. The number of rotatable bonds is 1. The summed E-state index contributed by atoms with van der Waals surface area (Å²) in [6, 6.07) is 4.08. The van der Waals surface area contributed by atoms with E-state index in [0.717, 1.165) is 11.1 Å². The van der Waals surface area contributed by atoms with E-state index in [4.69, 9.17) is 0 Å². The highest BCUT2D eigenvalue weighted by atomic mass is 19.4. The summed E-state index contributed by atoms with van der Waals surface area (Å²) in [6.07, 6.45) is -3.52. The Balaban J connectivity index is 0.000000956. The van der Waals surface area contributed by atoms with Crippen LogP contribution in [0, 0.1) is 0 Å². The van der Waals surface area contributed by atoms with Crippen molar-refractivity contribution in [2.45, 2.75) is 52.3 Å². The average molecular weight is 287 g/mol. The van der Waals surface area contributed by atoms with Crippen molar-refractivity contribution in [2.75, 3.05) is 13.6 Å². The molecule has 4 heteroatoms. The van der Waals surface area contributed by atoms with Gasteiger partial charge >= 0.3 is 6.18 Å². The number of benzene rings is 1. The average Bonchev–Trinajstić information content (AvgIpc) is 2.38. The van der Waals surface area contributed by atoms with Crippen LogP contribution in [0.1, 0.15) is 56.3 Å². The Morgan fingerprint density at radius 1 is 1.20 bits per heavy atom. The molecular weight excluding hydrogens is 263 g/mol. The first-order valence-electron chi connectivity index (χ1n) is 7.20. The minimum absolute atomic E-state index is 0.247. The van der Waals surface area contributed by atoms with Gasteiger partial charge in [-0.1, -0.05) is 45.9 Å². The van der Waals surface area contributed by atoms with Crippen molar-refractivity contribution in [2.24, 2.45) is 0 Å². The Morgan fingerprint density at radius 2 is 1.80 bits per heavy atom. The highest BCUT2D eigenvalue weighted by molar-refractivity contribution is 5.38. The summed E-state index contributed by atoms with van der Waals surface area (Å²) >= 11 is 0. The minimum Gasteiger partial charge on any atom is -0.291 e. The molecule has 20 heavy (non-hydrogen) atoms. The fraction of sp³-hybridized carbons (Fsp3) is 0.625. The smallest absolute Gasteiger partial charge is 0.291 e. The molecule has 0 aromatic heterocycles. The largest absolute Gasteiger partial charge is 0.408 e. The fourth-order valence-corrected chi connectivity index (χ4v) is 2.54. The fourth-order valence-electron chi connectivity index (χ4n) is 2.54. The Labute approximate surface area is 119 Å². The van der Waals surface area contributed by atoms with Gasteiger partial charge in [0, 0.05) is 6.54 Å². The van der Waals surface area contributed by atoms with E-state index in [-0.39, 0.29) is 5.92 Å². The third-order valence-electron chi connectivity index (χ3n) is 3.62. The predicted molar refractivity (Wildman–Crippen MR) is 77.0 cm³/mol. The van der Waals surface area contributed by atoms with E-state index in [2.05, 4.69) is 0 Å². The summed E-state index contributed by atoms with van der Waals surface area (Å²) in [5.74, 6) is 0.247. The van der Waals surface area contributed by atoms with Gasteiger partial charge in [-0.25, -0.2) is 0 Å². The molecule has 114 valence electrons. The number of hydrogen-bond acceptors (Lipinski definition) is 1. The molecule has 0 amide bonds. The number of alkyl halides is 3. The van der Waals surface area contributed by atoms with Crippen LogP contribution in [0.15, 0.2) is 18.2 Å². The molecule has 1 atom stereocenters. The third-order valence-corrected chi connectivity index (χ3v) is 3.62. The van der Waals surface area contributed by atoms with Crippen LogP contribution in [0.4, 0.5) is 13.2 Å². The Morgan fingerprint density at radius 3 is 2.30 bits per heavy atom. The second kappa shape index (κ2) is 6.61. The van der Waals surface area contributed by atoms with Crippen molar-refractivity contribution in [3.63, 3.8) is 0 Å². The summed E-state index contributed by atoms with van der Waals surface area (Å²) in [5.41, 5.74) is 2.24. The second-order valence-electron chi connectivity index (χ2n) is 5.29. The molecule has 0 fully saturated rings. The van der Waals surface area contributed by atoms with Crippen molar-refractivity contribution in [3.05, 3.63) is 34.9 Å². The van der Waals surface area contributed by atoms with Crippen molar-refractivity contribution in [1.82, 2.24) is 4.90 Å². The van der Waals surface area contributed by atoms with Gasteiger partial charge < -0.3 is 0 Å². The maximum atomic E-state index is 13.2. The van der Waals surface area contributed by atoms with Crippen LogP contribution in [-0.4, -0.2) is 24.7 Å². The topological polar surface area (TPSA) is 3.24 Å². The maximum absolute atomic E-state index is 13.2. The monoisotopic (exact) mass is 287 g/mol. The van der Waals surface area contributed by atoms with Gasteiger partial charge in [-0.2, -0.15) is 13.2 Å². The Hall–Kier alpha value is -1.03. The summed E-state index contributed by atoms with van der Waals surface area (Å²) in [6.45, 7) is 8.45. The molecular formula is C16H24F3N. The van der Waals surface area contributed by atoms with Crippen LogP contribution < -0.4 is 0 Å². The van der Waals surface area contributed by atoms with Gasteiger partial charge in [0.05, 0.1) is 0 Å². The summed E-state index contributed by atoms with van der Waals surface area (Å²) in [7, 11) is 1.54. The molecule has 1 heterocycles. The third kappa shape index (κ3) is 3.54. The lowest BCUT2D eigenvalue weighted by Gasteiger charge is -2.36. The van der Waals surface area contributed by atoms with E-state index >= 15 is 0 Å². The van der Waals surface area contributed by atoms with Crippen LogP contribution in [0.25, 0.3) is 0 Å². The highest BCUT2D eigenvalue weighted by Gasteiger charge is 2.45. The van der Waals surface area contributed by atoms with E-state index in [0.29, 0.717) is 18.5 Å². The molecule has 0 saturated carbocycles. The van der Waals surface area contributed by atoms with Gasteiger partial charge in [0.2, 0.25) is 0 Å². The summed E-state index contributed by atoms with van der Waals surface area (Å²) in [4.78, 5) is 1.40. The Bertz CT molecular complexity index is 438. The predicted octanol–water partition coefficient (Wildman–Crippen LogP) is 4.93. The van der Waals surface area contributed by atoms with Gasteiger partial charge in [0.1, 0.15) is 6.04 Å². The van der Waals surface area contributed by atoms with Crippen molar-refractivity contribution in [3.8, 4) is 0 Å². The first kappa shape index (κ1) is 17.0. The van der Waals surface area contributed by atoms with Crippen LogP contribution in [-0.2, 0) is 6.42 Å². The number of fused-ring (bicyclic) bond motifs is 1. The number of nitrogens with zero attached hydrogens (tertiary/aromatic N) is 1. The molecule has 1 aromatic carbocycles. The van der Waals surface area contributed by atoms with E-state index in [1.165, 1.54) is 4.90 Å². The zero-order valence-corrected chi connectivity index (χ0v) is 12.9. The number of halogens is 3.